The van der Waals surface area contributed by atoms with Crippen LogP contribution in [0.25, 0.3) is 0 Å². The SMILES string of the molecule is CS[C@]12SCC(COC(C)=O)=C(C(=O)O)N1C(=O)C2NC(=O)Cc1ccoc1. The van der Waals surface area contributed by atoms with Crippen molar-refractivity contribution in [2.75, 3.05) is 18.6 Å². The Kier molecular flexibility index (Phi) is 5.75. The largest absolute Gasteiger partial charge is 0.477 e. The van der Waals surface area contributed by atoms with Gasteiger partial charge in [-0.25, -0.2) is 4.79 Å². The second kappa shape index (κ2) is 7.92. The monoisotopic (exact) mass is 426 g/mol. The summed E-state index contributed by atoms with van der Waals surface area (Å²) in [4.78, 5) is 49.2. The maximum absolute atomic E-state index is 12.8. The molecule has 150 valence electrons. The molecule has 3 rings (SSSR count). The molecule has 2 amide bonds. The highest BCUT2D eigenvalue weighted by molar-refractivity contribution is 8.18. The van der Waals surface area contributed by atoms with Gasteiger partial charge in [-0.15, -0.1) is 23.5 Å². The minimum absolute atomic E-state index is 0.0503. The molecule has 3 heterocycles. The number of furan rings is 1. The number of amides is 2. The fraction of sp³-hybridized carbons (Fsp3) is 0.412. The van der Waals surface area contributed by atoms with Crippen molar-refractivity contribution < 1.29 is 33.4 Å². The predicted octanol–water partition coefficient (Wildman–Crippen LogP) is 0.814. The Balaban J connectivity index is 1.82. The number of thioether (sulfide) groups is 2. The van der Waals surface area contributed by atoms with Crippen LogP contribution in [-0.2, 0) is 30.3 Å². The zero-order valence-electron chi connectivity index (χ0n) is 15.1. The zero-order valence-corrected chi connectivity index (χ0v) is 16.7. The molecule has 0 saturated carbocycles. The van der Waals surface area contributed by atoms with E-state index in [0.29, 0.717) is 11.1 Å². The minimum atomic E-state index is -1.28. The van der Waals surface area contributed by atoms with E-state index in [1.807, 2.05) is 0 Å². The first-order valence-electron chi connectivity index (χ1n) is 8.22. The minimum Gasteiger partial charge on any atom is -0.477 e. The Labute approximate surface area is 168 Å². The van der Waals surface area contributed by atoms with Gasteiger partial charge in [-0.2, -0.15) is 0 Å². The second-order valence-electron chi connectivity index (χ2n) is 6.14. The summed E-state index contributed by atoms with van der Waals surface area (Å²) in [6, 6.07) is 0.789. The molecule has 2 N–H and O–H groups in total. The Morgan fingerprint density at radius 2 is 2.25 bits per heavy atom. The van der Waals surface area contributed by atoms with Crippen LogP contribution in [-0.4, -0.2) is 62.6 Å². The topological polar surface area (TPSA) is 126 Å². The number of fused-ring (bicyclic) bond motifs is 1. The average Bonchev–Trinajstić information content (AvgIpc) is 3.15. The van der Waals surface area contributed by atoms with E-state index in [9.17, 15) is 24.3 Å². The van der Waals surface area contributed by atoms with Gasteiger partial charge in [0.1, 0.15) is 12.3 Å². The van der Waals surface area contributed by atoms with Gasteiger partial charge in [0.2, 0.25) is 5.91 Å². The lowest BCUT2D eigenvalue weighted by Gasteiger charge is -2.57. The highest BCUT2D eigenvalue weighted by Crippen LogP contribution is 2.55. The number of rotatable bonds is 7. The first-order chi connectivity index (χ1) is 13.3. The molecule has 0 bridgehead atoms. The van der Waals surface area contributed by atoms with Crippen molar-refractivity contribution >= 4 is 47.3 Å². The summed E-state index contributed by atoms with van der Waals surface area (Å²) in [6.45, 7) is 1.03. The number of aliphatic carboxylic acids is 1. The van der Waals surface area contributed by atoms with Gasteiger partial charge < -0.3 is 19.6 Å². The number of nitrogens with one attached hydrogen (secondary N) is 1. The summed E-state index contributed by atoms with van der Waals surface area (Å²) in [5.41, 5.74) is 0.819. The van der Waals surface area contributed by atoms with Crippen LogP contribution in [0.15, 0.2) is 34.3 Å². The lowest BCUT2D eigenvalue weighted by Crippen LogP contribution is -2.77. The van der Waals surface area contributed by atoms with Gasteiger partial charge in [0.15, 0.2) is 10.2 Å². The molecule has 2 aliphatic heterocycles. The quantitative estimate of drug-likeness (QED) is 0.481. The highest BCUT2D eigenvalue weighted by atomic mass is 32.2. The molecule has 0 radical (unpaired) electrons. The summed E-state index contributed by atoms with van der Waals surface area (Å²) in [5.74, 6) is -2.44. The smallest absolute Gasteiger partial charge is 0.352 e. The third-order valence-corrected chi connectivity index (χ3v) is 7.53. The summed E-state index contributed by atoms with van der Waals surface area (Å²) in [6.07, 6.45) is 4.70. The summed E-state index contributed by atoms with van der Waals surface area (Å²) in [5, 5.41) is 12.4. The summed E-state index contributed by atoms with van der Waals surface area (Å²) >= 11 is 2.61. The van der Waals surface area contributed by atoms with Gasteiger partial charge in [0.05, 0.1) is 18.9 Å². The van der Waals surface area contributed by atoms with Crippen LogP contribution in [0.1, 0.15) is 12.5 Å². The number of hydrogen-bond donors (Lipinski definition) is 2. The Morgan fingerprint density at radius 3 is 2.82 bits per heavy atom. The number of carboxylic acid groups (broad SMARTS) is 1. The normalized spacial score (nSPS) is 23.7. The zero-order chi connectivity index (χ0) is 20.5. The second-order valence-corrected chi connectivity index (χ2v) is 8.63. The molecule has 1 aromatic rings. The lowest BCUT2D eigenvalue weighted by molar-refractivity contribution is -0.152. The van der Waals surface area contributed by atoms with Crippen molar-refractivity contribution in [3.05, 3.63) is 35.4 Å². The van der Waals surface area contributed by atoms with Gasteiger partial charge >= 0.3 is 11.9 Å². The predicted molar refractivity (Wildman–Crippen MR) is 101 cm³/mol. The van der Waals surface area contributed by atoms with Crippen LogP contribution in [0.3, 0.4) is 0 Å². The van der Waals surface area contributed by atoms with Crippen molar-refractivity contribution in [2.24, 2.45) is 0 Å². The van der Waals surface area contributed by atoms with Crippen LogP contribution in [0.5, 0.6) is 0 Å². The van der Waals surface area contributed by atoms with Crippen LogP contribution in [0.2, 0.25) is 0 Å². The highest BCUT2D eigenvalue weighted by Gasteiger charge is 2.65. The van der Waals surface area contributed by atoms with Crippen molar-refractivity contribution in [1.82, 2.24) is 10.2 Å². The van der Waals surface area contributed by atoms with Crippen molar-refractivity contribution in [1.29, 1.82) is 0 Å². The van der Waals surface area contributed by atoms with Gasteiger partial charge in [0, 0.05) is 18.2 Å². The molecule has 0 spiro atoms. The van der Waals surface area contributed by atoms with Crippen LogP contribution < -0.4 is 5.32 Å². The Bertz CT molecular complexity index is 852. The van der Waals surface area contributed by atoms with E-state index in [1.54, 1.807) is 12.3 Å². The van der Waals surface area contributed by atoms with E-state index >= 15 is 0 Å². The van der Waals surface area contributed by atoms with Gasteiger partial charge in [-0.1, -0.05) is 0 Å². The van der Waals surface area contributed by atoms with Crippen molar-refractivity contribution in [3.8, 4) is 0 Å². The molecule has 2 aliphatic rings. The molecule has 2 atom stereocenters. The molecule has 1 saturated heterocycles. The molecule has 9 nitrogen and oxygen atoms in total. The van der Waals surface area contributed by atoms with Crippen LogP contribution in [0.4, 0.5) is 0 Å². The number of β-lactam (4-membered cyclic amide) rings is 1. The number of nitrogens with zero attached hydrogens (tertiary/aromatic N) is 1. The molecule has 1 fully saturated rings. The van der Waals surface area contributed by atoms with Crippen molar-refractivity contribution in [2.45, 2.75) is 23.6 Å². The third-order valence-electron chi connectivity index (χ3n) is 4.35. The number of carboxylic acids is 1. The fourth-order valence-electron chi connectivity index (χ4n) is 3.09. The number of ether oxygens (including phenoxy) is 1. The first kappa shape index (κ1) is 20.3. The maximum Gasteiger partial charge on any atom is 0.352 e. The van der Waals surface area contributed by atoms with Crippen LogP contribution in [0, 0.1) is 0 Å². The summed E-state index contributed by atoms with van der Waals surface area (Å²) in [7, 11) is 0. The fourth-order valence-corrected chi connectivity index (χ4v) is 5.74. The third kappa shape index (κ3) is 3.51. The van der Waals surface area contributed by atoms with E-state index in [4.69, 9.17) is 9.15 Å². The lowest BCUT2D eigenvalue weighted by atomic mass is 10.0. The molecule has 0 aromatic carbocycles. The average molecular weight is 426 g/mol. The Morgan fingerprint density at radius 1 is 1.50 bits per heavy atom. The van der Waals surface area contributed by atoms with E-state index in [1.165, 1.54) is 47.9 Å². The first-order valence-corrected chi connectivity index (χ1v) is 10.4. The molecule has 1 aromatic heterocycles. The number of hydrogen-bond acceptors (Lipinski definition) is 8. The number of carbonyl (C=O) groups excluding carboxylic acids is 3. The standard InChI is InChI=1S/C17H18N2O7S2/c1-9(20)26-7-11-8-28-17(27-2)14(15(22)19(17)13(11)16(23)24)18-12(21)5-10-3-4-25-6-10/h3-4,6,14H,5,7-8H2,1-2H3,(H,18,21)(H,23,24)/t14?,17-/m1/s1. The van der Waals surface area contributed by atoms with Gasteiger partial charge in [-0.05, 0) is 17.9 Å². The van der Waals surface area contributed by atoms with Crippen molar-refractivity contribution in [3.63, 3.8) is 0 Å². The molecule has 28 heavy (non-hydrogen) atoms. The van der Waals surface area contributed by atoms with Gasteiger partial charge in [-0.3, -0.25) is 19.3 Å². The van der Waals surface area contributed by atoms with Crippen LogP contribution >= 0.6 is 23.5 Å². The van der Waals surface area contributed by atoms with E-state index in [2.05, 4.69) is 5.32 Å². The van der Waals surface area contributed by atoms with E-state index in [0.717, 1.165) is 0 Å². The number of esters is 1. The molecule has 0 aliphatic carbocycles. The van der Waals surface area contributed by atoms with Gasteiger partial charge in [0.25, 0.3) is 5.91 Å². The Hall–Kier alpha value is -2.40. The number of carbonyl (C=O) groups is 4. The van der Waals surface area contributed by atoms with E-state index < -0.39 is 28.1 Å². The molecular formula is C17H18N2O7S2. The maximum atomic E-state index is 12.8. The molecule has 11 heteroatoms. The summed E-state index contributed by atoms with van der Waals surface area (Å²) < 4.78 is 8.89. The molecular weight excluding hydrogens is 408 g/mol. The van der Waals surface area contributed by atoms with E-state index in [-0.39, 0.29) is 30.4 Å². The molecule has 1 unspecified atom stereocenters.